The van der Waals surface area contributed by atoms with Gasteiger partial charge in [-0.25, -0.2) is 9.97 Å². The number of nitrogens with zero attached hydrogens (tertiary/aromatic N) is 3. The zero-order valence-corrected chi connectivity index (χ0v) is 13.3. The van der Waals surface area contributed by atoms with Gasteiger partial charge in [0.25, 0.3) is 0 Å². The van der Waals surface area contributed by atoms with Crippen LogP contribution in [0.2, 0.25) is 0 Å². The SMILES string of the molecule is Bc1ccc(-c2nc3ccccc3c3nc4ccccc4n23)cc1. The summed E-state index contributed by atoms with van der Waals surface area (Å²) in [7, 11) is 2.10. The van der Waals surface area contributed by atoms with Crippen LogP contribution in [-0.4, -0.2) is 22.2 Å². The van der Waals surface area contributed by atoms with Gasteiger partial charge in [-0.2, -0.15) is 0 Å². The van der Waals surface area contributed by atoms with E-state index < -0.39 is 0 Å². The Morgan fingerprint density at radius 2 is 1.42 bits per heavy atom. The fourth-order valence-corrected chi connectivity index (χ4v) is 3.24. The van der Waals surface area contributed by atoms with Crippen molar-refractivity contribution in [3.8, 4) is 11.4 Å². The normalized spacial score (nSPS) is 11.5. The first-order valence-corrected chi connectivity index (χ1v) is 8.04. The van der Waals surface area contributed by atoms with Crippen LogP contribution in [0.3, 0.4) is 0 Å². The van der Waals surface area contributed by atoms with Crippen molar-refractivity contribution in [3.63, 3.8) is 0 Å². The summed E-state index contributed by atoms with van der Waals surface area (Å²) in [5.74, 6) is 0.928. The second-order valence-corrected chi connectivity index (χ2v) is 6.08. The molecule has 0 saturated heterocycles. The molecule has 4 heteroatoms. The van der Waals surface area contributed by atoms with Gasteiger partial charge in [0.05, 0.1) is 16.6 Å². The van der Waals surface area contributed by atoms with Gasteiger partial charge in [-0.1, -0.05) is 54.0 Å². The molecule has 3 nitrogen and oxygen atoms in total. The summed E-state index contributed by atoms with van der Waals surface area (Å²) >= 11 is 0. The van der Waals surface area contributed by atoms with Crippen LogP contribution in [0.25, 0.3) is 39.0 Å². The second kappa shape index (κ2) is 4.93. The fraction of sp³-hybridized carbons (Fsp3) is 0. The largest absolute Gasteiger partial charge is 0.276 e. The number of fused-ring (bicyclic) bond motifs is 5. The van der Waals surface area contributed by atoms with Gasteiger partial charge < -0.3 is 0 Å². The molecule has 5 aromatic rings. The Bertz CT molecular complexity index is 1210. The van der Waals surface area contributed by atoms with Gasteiger partial charge in [0.15, 0.2) is 0 Å². The molecule has 0 spiro atoms. The summed E-state index contributed by atoms with van der Waals surface area (Å²) in [5, 5.41) is 1.07. The van der Waals surface area contributed by atoms with Crippen LogP contribution < -0.4 is 5.46 Å². The van der Waals surface area contributed by atoms with E-state index in [0.717, 1.165) is 39.0 Å². The minimum atomic E-state index is 0.928. The number of hydrogen-bond donors (Lipinski definition) is 0. The Labute approximate surface area is 140 Å². The van der Waals surface area contributed by atoms with Crippen LogP contribution in [-0.2, 0) is 0 Å². The zero-order valence-electron chi connectivity index (χ0n) is 13.3. The van der Waals surface area contributed by atoms with Gasteiger partial charge in [0.2, 0.25) is 0 Å². The highest BCUT2D eigenvalue weighted by molar-refractivity contribution is 6.32. The molecule has 0 saturated carbocycles. The summed E-state index contributed by atoms with van der Waals surface area (Å²) in [6.45, 7) is 0. The van der Waals surface area contributed by atoms with Crippen LogP contribution >= 0.6 is 0 Å². The predicted molar refractivity (Wildman–Crippen MR) is 102 cm³/mol. The molecule has 0 N–H and O–H groups in total. The van der Waals surface area contributed by atoms with E-state index in [-0.39, 0.29) is 0 Å². The van der Waals surface area contributed by atoms with Gasteiger partial charge in [0.1, 0.15) is 19.3 Å². The predicted octanol–water partition coefficient (Wildman–Crippen LogP) is 2.96. The highest BCUT2D eigenvalue weighted by Gasteiger charge is 2.14. The lowest BCUT2D eigenvalue weighted by molar-refractivity contribution is 1.16. The average Bonchev–Trinajstić information content (AvgIpc) is 3.02. The number of hydrogen-bond acceptors (Lipinski definition) is 2. The summed E-state index contributed by atoms with van der Waals surface area (Å²) in [4.78, 5) is 9.82. The van der Waals surface area contributed by atoms with Crippen molar-refractivity contribution in [2.45, 2.75) is 0 Å². The first kappa shape index (κ1) is 13.3. The summed E-state index contributed by atoms with van der Waals surface area (Å²) in [6, 6.07) is 24.9. The third-order valence-electron chi connectivity index (χ3n) is 4.45. The molecule has 0 radical (unpaired) electrons. The Morgan fingerprint density at radius 3 is 2.25 bits per heavy atom. The first-order valence-electron chi connectivity index (χ1n) is 8.04. The molecule has 2 aromatic heterocycles. The van der Waals surface area contributed by atoms with Crippen molar-refractivity contribution in [1.29, 1.82) is 0 Å². The summed E-state index contributed by atoms with van der Waals surface area (Å²) in [5.41, 5.74) is 6.34. The number of aromatic nitrogens is 3. The molecule has 5 rings (SSSR count). The topological polar surface area (TPSA) is 30.2 Å². The number of rotatable bonds is 1. The maximum atomic E-state index is 4.95. The van der Waals surface area contributed by atoms with E-state index in [1.807, 2.05) is 30.3 Å². The molecule has 0 aliphatic carbocycles. The van der Waals surface area contributed by atoms with Crippen molar-refractivity contribution in [2.75, 3.05) is 0 Å². The number of imidazole rings is 1. The van der Waals surface area contributed by atoms with Crippen LogP contribution in [0, 0.1) is 0 Å². The molecule has 24 heavy (non-hydrogen) atoms. The minimum Gasteiger partial charge on any atom is -0.276 e. The molecule has 0 bridgehead atoms. The molecule has 0 fully saturated rings. The lowest BCUT2D eigenvalue weighted by atomic mass is 9.95. The standard InChI is InChI=1S/C20H14BN3/c21-14-11-9-13(10-12-14)19-22-16-6-2-1-5-15(16)20-23-17-7-3-4-8-18(17)24(19)20/h1-12H,21H2. The Balaban J connectivity index is 2.01. The van der Waals surface area contributed by atoms with Crippen LogP contribution in [0.4, 0.5) is 0 Å². The van der Waals surface area contributed by atoms with Gasteiger partial charge in [0, 0.05) is 10.9 Å². The van der Waals surface area contributed by atoms with E-state index in [9.17, 15) is 0 Å². The molecule has 2 heterocycles. The second-order valence-electron chi connectivity index (χ2n) is 6.08. The third kappa shape index (κ3) is 1.86. The molecule has 3 aromatic carbocycles. The van der Waals surface area contributed by atoms with Crippen molar-refractivity contribution >= 4 is 40.9 Å². The number of para-hydroxylation sites is 3. The molecule has 0 unspecified atom stereocenters. The quantitative estimate of drug-likeness (QED) is 0.446. The minimum absolute atomic E-state index is 0.928. The molecule has 0 aliphatic rings. The fourth-order valence-electron chi connectivity index (χ4n) is 3.24. The Kier molecular flexibility index (Phi) is 2.74. The lowest BCUT2D eigenvalue weighted by Crippen LogP contribution is -2.02. The van der Waals surface area contributed by atoms with Crippen molar-refractivity contribution < 1.29 is 0 Å². The highest BCUT2D eigenvalue weighted by atomic mass is 15.1. The highest BCUT2D eigenvalue weighted by Crippen LogP contribution is 2.28. The third-order valence-corrected chi connectivity index (χ3v) is 4.45. The smallest absolute Gasteiger partial charge is 0.149 e. The van der Waals surface area contributed by atoms with Gasteiger partial charge >= 0.3 is 0 Å². The molecule has 112 valence electrons. The van der Waals surface area contributed by atoms with Gasteiger partial charge in [-0.3, -0.25) is 4.40 Å². The molecular formula is C20H14BN3. The van der Waals surface area contributed by atoms with Crippen LogP contribution in [0.5, 0.6) is 0 Å². The summed E-state index contributed by atoms with van der Waals surface area (Å²) < 4.78 is 2.17. The van der Waals surface area contributed by atoms with E-state index >= 15 is 0 Å². The maximum absolute atomic E-state index is 4.95. The van der Waals surface area contributed by atoms with Crippen molar-refractivity contribution in [1.82, 2.24) is 14.4 Å². The Hall–Kier alpha value is -3.14. The Morgan fingerprint density at radius 1 is 0.708 bits per heavy atom. The number of benzene rings is 3. The lowest BCUT2D eigenvalue weighted by Gasteiger charge is -2.09. The van der Waals surface area contributed by atoms with Crippen LogP contribution in [0.1, 0.15) is 0 Å². The van der Waals surface area contributed by atoms with Gasteiger partial charge in [-0.05, 0) is 24.3 Å². The maximum Gasteiger partial charge on any atom is 0.149 e. The monoisotopic (exact) mass is 307 g/mol. The first-order chi connectivity index (χ1) is 11.8. The van der Waals surface area contributed by atoms with Crippen LogP contribution in [0.15, 0.2) is 72.8 Å². The molecular weight excluding hydrogens is 293 g/mol. The van der Waals surface area contributed by atoms with Gasteiger partial charge in [-0.15, -0.1) is 0 Å². The van der Waals surface area contributed by atoms with E-state index in [2.05, 4.69) is 54.7 Å². The average molecular weight is 307 g/mol. The zero-order chi connectivity index (χ0) is 16.1. The summed E-state index contributed by atoms with van der Waals surface area (Å²) in [6.07, 6.45) is 0. The molecule has 0 amide bonds. The van der Waals surface area contributed by atoms with E-state index in [1.54, 1.807) is 0 Å². The molecule has 0 aliphatic heterocycles. The van der Waals surface area contributed by atoms with E-state index in [4.69, 9.17) is 9.97 Å². The van der Waals surface area contributed by atoms with Crippen molar-refractivity contribution in [2.24, 2.45) is 0 Å². The van der Waals surface area contributed by atoms with E-state index in [1.165, 1.54) is 5.46 Å². The molecule has 0 atom stereocenters. The van der Waals surface area contributed by atoms with E-state index in [0.29, 0.717) is 0 Å². The van der Waals surface area contributed by atoms with Crippen molar-refractivity contribution in [3.05, 3.63) is 72.8 Å².